The van der Waals surface area contributed by atoms with Crippen LogP contribution in [0.4, 0.5) is 4.39 Å². The average molecular weight is 320 g/mol. The number of halogens is 2. The maximum atomic E-state index is 13.9. The van der Waals surface area contributed by atoms with Crippen molar-refractivity contribution >= 4 is 21.5 Å². The van der Waals surface area contributed by atoms with E-state index >= 15 is 0 Å². The molecule has 0 heterocycles. The summed E-state index contributed by atoms with van der Waals surface area (Å²) in [6.07, 6.45) is 1.97. The molecule has 0 saturated heterocycles. The molecule has 2 rings (SSSR count). The van der Waals surface area contributed by atoms with Crippen LogP contribution in [0.2, 0.25) is 0 Å². The fraction of sp³-hybridized carbons (Fsp3) is 0.125. The summed E-state index contributed by atoms with van der Waals surface area (Å²) in [6, 6.07) is 12.9. The zero-order valence-electron chi connectivity index (χ0n) is 10.7. The van der Waals surface area contributed by atoms with Crippen LogP contribution in [-0.4, -0.2) is 6.54 Å². The Bertz CT molecular complexity index is 603. The van der Waals surface area contributed by atoms with Crippen molar-refractivity contribution in [2.75, 3.05) is 6.54 Å². The van der Waals surface area contributed by atoms with Gasteiger partial charge in [-0.25, -0.2) is 4.39 Å². The summed E-state index contributed by atoms with van der Waals surface area (Å²) in [7, 11) is 0. The summed E-state index contributed by atoms with van der Waals surface area (Å²) < 4.78 is 14.6. The van der Waals surface area contributed by atoms with Crippen molar-refractivity contribution in [1.82, 2.24) is 0 Å². The lowest BCUT2D eigenvalue weighted by atomic mass is 10.0. The van der Waals surface area contributed by atoms with E-state index in [1.54, 1.807) is 6.07 Å². The minimum Gasteiger partial charge on any atom is -0.327 e. The van der Waals surface area contributed by atoms with E-state index in [1.807, 2.05) is 43.3 Å². The number of hydrogen-bond acceptors (Lipinski definition) is 1. The smallest absolute Gasteiger partial charge is 0.132 e. The summed E-state index contributed by atoms with van der Waals surface area (Å²) in [5, 5.41) is 0. The van der Waals surface area contributed by atoms with Gasteiger partial charge in [0.15, 0.2) is 0 Å². The van der Waals surface area contributed by atoms with E-state index in [9.17, 15) is 4.39 Å². The second kappa shape index (κ2) is 6.13. The quantitative estimate of drug-likeness (QED) is 0.877. The molecule has 1 nitrogen and oxygen atoms in total. The third-order valence-corrected chi connectivity index (χ3v) is 3.50. The Labute approximate surface area is 121 Å². The zero-order valence-corrected chi connectivity index (χ0v) is 12.2. The predicted molar refractivity (Wildman–Crippen MR) is 82.2 cm³/mol. The summed E-state index contributed by atoms with van der Waals surface area (Å²) in [5.74, 6) is -0.226. The monoisotopic (exact) mass is 319 g/mol. The van der Waals surface area contributed by atoms with Gasteiger partial charge in [-0.2, -0.15) is 0 Å². The molecule has 2 aromatic carbocycles. The Morgan fingerprint density at radius 3 is 2.47 bits per heavy atom. The van der Waals surface area contributed by atoms with Crippen LogP contribution in [0.15, 0.2) is 53.0 Å². The van der Waals surface area contributed by atoms with Crippen LogP contribution < -0.4 is 5.73 Å². The van der Waals surface area contributed by atoms with Crippen molar-refractivity contribution in [3.05, 3.63) is 64.4 Å². The molecule has 0 aliphatic carbocycles. The fourth-order valence-electron chi connectivity index (χ4n) is 1.93. The highest BCUT2D eigenvalue weighted by atomic mass is 79.9. The number of nitrogens with two attached hydrogens (primary N) is 1. The third-order valence-electron chi connectivity index (χ3n) is 3.01. The standard InChI is InChI=1S/C16H15BrFN/c1-11(8-9-19)12-2-4-13(5-3-12)15-7-6-14(17)10-16(15)18/h2-8,10H,9,19H2,1H3. The average Bonchev–Trinajstić information content (AvgIpc) is 2.39. The molecule has 3 heteroatoms. The normalized spacial score (nSPS) is 11.7. The fourth-order valence-corrected chi connectivity index (χ4v) is 2.26. The Kier molecular flexibility index (Phi) is 4.51. The Balaban J connectivity index is 2.35. The molecule has 2 N–H and O–H groups in total. The summed E-state index contributed by atoms with van der Waals surface area (Å²) in [6.45, 7) is 2.54. The van der Waals surface area contributed by atoms with E-state index < -0.39 is 0 Å². The molecule has 2 aromatic rings. The first-order valence-electron chi connectivity index (χ1n) is 6.04. The molecule has 19 heavy (non-hydrogen) atoms. The van der Waals surface area contributed by atoms with Gasteiger partial charge in [-0.1, -0.05) is 52.3 Å². The van der Waals surface area contributed by atoms with E-state index in [1.165, 1.54) is 6.07 Å². The SMILES string of the molecule is CC(=CCN)c1ccc(-c2ccc(Br)cc2F)cc1. The van der Waals surface area contributed by atoms with Gasteiger partial charge in [-0.15, -0.1) is 0 Å². The lowest BCUT2D eigenvalue weighted by Crippen LogP contribution is -1.94. The molecule has 0 aliphatic heterocycles. The van der Waals surface area contributed by atoms with Gasteiger partial charge in [0.1, 0.15) is 5.82 Å². The number of allylic oxidation sites excluding steroid dienone is 1. The third kappa shape index (κ3) is 3.31. The van der Waals surface area contributed by atoms with Gasteiger partial charge in [0.2, 0.25) is 0 Å². The molecule has 0 unspecified atom stereocenters. The maximum Gasteiger partial charge on any atom is 0.132 e. The van der Waals surface area contributed by atoms with Crippen LogP contribution >= 0.6 is 15.9 Å². The minimum atomic E-state index is -0.226. The van der Waals surface area contributed by atoms with E-state index in [0.29, 0.717) is 12.1 Å². The molecule has 0 saturated carbocycles. The van der Waals surface area contributed by atoms with Crippen LogP contribution in [0.5, 0.6) is 0 Å². The molecule has 0 aliphatic rings. The van der Waals surface area contributed by atoms with Crippen LogP contribution in [0.3, 0.4) is 0 Å². The van der Waals surface area contributed by atoms with Crippen molar-refractivity contribution < 1.29 is 4.39 Å². The molecule has 0 fully saturated rings. The predicted octanol–water partition coefficient (Wildman–Crippen LogP) is 4.62. The molecule has 0 atom stereocenters. The lowest BCUT2D eigenvalue weighted by Gasteiger charge is -2.06. The molecule has 0 radical (unpaired) electrons. The van der Waals surface area contributed by atoms with E-state index in [-0.39, 0.29) is 5.82 Å². The maximum absolute atomic E-state index is 13.9. The Morgan fingerprint density at radius 2 is 1.89 bits per heavy atom. The van der Waals surface area contributed by atoms with Gasteiger partial charge in [-0.05, 0) is 35.8 Å². The van der Waals surface area contributed by atoms with Gasteiger partial charge in [-0.3, -0.25) is 0 Å². The summed E-state index contributed by atoms with van der Waals surface area (Å²) in [4.78, 5) is 0. The van der Waals surface area contributed by atoms with Crippen molar-refractivity contribution in [2.24, 2.45) is 5.73 Å². The van der Waals surface area contributed by atoms with Gasteiger partial charge >= 0.3 is 0 Å². The highest BCUT2D eigenvalue weighted by Crippen LogP contribution is 2.26. The summed E-state index contributed by atoms with van der Waals surface area (Å²) >= 11 is 3.26. The highest BCUT2D eigenvalue weighted by molar-refractivity contribution is 9.10. The van der Waals surface area contributed by atoms with Gasteiger partial charge in [0, 0.05) is 16.6 Å². The Morgan fingerprint density at radius 1 is 1.21 bits per heavy atom. The van der Waals surface area contributed by atoms with Crippen molar-refractivity contribution in [3.63, 3.8) is 0 Å². The molecule has 0 spiro atoms. The van der Waals surface area contributed by atoms with Crippen LogP contribution in [0.25, 0.3) is 16.7 Å². The zero-order chi connectivity index (χ0) is 13.8. The van der Waals surface area contributed by atoms with Crippen LogP contribution in [0, 0.1) is 5.82 Å². The first kappa shape index (κ1) is 14.0. The van der Waals surface area contributed by atoms with E-state index in [4.69, 9.17) is 5.73 Å². The molecule has 98 valence electrons. The van der Waals surface area contributed by atoms with Gasteiger partial charge in [0.25, 0.3) is 0 Å². The number of rotatable bonds is 3. The molecule has 0 bridgehead atoms. The highest BCUT2D eigenvalue weighted by Gasteiger charge is 2.05. The van der Waals surface area contributed by atoms with E-state index in [0.717, 1.165) is 21.2 Å². The van der Waals surface area contributed by atoms with Crippen molar-refractivity contribution in [3.8, 4) is 11.1 Å². The topological polar surface area (TPSA) is 26.0 Å². The minimum absolute atomic E-state index is 0.226. The summed E-state index contributed by atoms with van der Waals surface area (Å²) in [5.41, 5.74) is 9.20. The van der Waals surface area contributed by atoms with Crippen LogP contribution in [-0.2, 0) is 0 Å². The van der Waals surface area contributed by atoms with Gasteiger partial charge < -0.3 is 5.73 Å². The number of benzene rings is 2. The molecular formula is C16H15BrFN. The van der Waals surface area contributed by atoms with Gasteiger partial charge in [0.05, 0.1) is 0 Å². The number of hydrogen-bond donors (Lipinski definition) is 1. The van der Waals surface area contributed by atoms with Crippen molar-refractivity contribution in [1.29, 1.82) is 0 Å². The van der Waals surface area contributed by atoms with Crippen LogP contribution in [0.1, 0.15) is 12.5 Å². The molecular weight excluding hydrogens is 305 g/mol. The Hall–Kier alpha value is -1.45. The van der Waals surface area contributed by atoms with Crippen molar-refractivity contribution in [2.45, 2.75) is 6.92 Å². The molecule has 0 aromatic heterocycles. The second-order valence-corrected chi connectivity index (χ2v) is 5.24. The molecule has 0 amide bonds. The van der Waals surface area contributed by atoms with E-state index in [2.05, 4.69) is 15.9 Å². The first-order chi connectivity index (χ1) is 9.11. The first-order valence-corrected chi connectivity index (χ1v) is 6.84. The second-order valence-electron chi connectivity index (χ2n) is 4.32. The largest absolute Gasteiger partial charge is 0.327 e. The lowest BCUT2D eigenvalue weighted by molar-refractivity contribution is 0.630.